The quantitative estimate of drug-likeness (QED) is 0.809. The number of likely N-dealkylation sites (tertiary alicyclic amines) is 1. The van der Waals surface area contributed by atoms with E-state index >= 15 is 0 Å². The van der Waals surface area contributed by atoms with Crippen LogP contribution in [0.4, 0.5) is 13.2 Å². The second-order valence-corrected chi connectivity index (χ2v) is 8.47. The summed E-state index contributed by atoms with van der Waals surface area (Å²) >= 11 is 0. The summed E-state index contributed by atoms with van der Waals surface area (Å²) < 4.78 is 63.5. The lowest BCUT2D eigenvalue weighted by Gasteiger charge is -2.33. The zero-order valence-electron chi connectivity index (χ0n) is 14.6. The minimum atomic E-state index is -4.37. The number of rotatable bonds is 6. The highest BCUT2D eigenvalue weighted by molar-refractivity contribution is 7.88. The maximum Gasteiger partial charge on any atom is 0.416 e. The topological polar surface area (TPSA) is 66.5 Å². The maximum atomic E-state index is 13.1. The summed E-state index contributed by atoms with van der Waals surface area (Å²) in [5.41, 5.74) is -0.344. The van der Waals surface area contributed by atoms with Gasteiger partial charge in [-0.15, -0.1) is 0 Å². The fourth-order valence-electron chi connectivity index (χ4n) is 3.21. The molecule has 1 atom stereocenters. The summed E-state index contributed by atoms with van der Waals surface area (Å²) in [4.78, 5) is 13.7. The first kappa shape index (κ1) is 20.7. The van der Waals surface area contributed by atoms with Crippen molar-refractivity contribution in [2.75, 3.05) is 25.9 Å². The van der Waals surface area contributed by atoms with Gasteiger partial charge in [-0.1, -0.05) is 18.2 Å². The lowest BCUT2D eigenvalue weighted by molar-refractivity contribution is -0.138. The molecule has 0 spiro atoms. The van der Waals surface area contributed by atoms with Crippen molar-refractivity contribution < 1.29 is 26.4 Å². The fraction of sp³-hybridized carbons (Fsp3) is 0.588. The van der Waals surface area contributed by atoms with Crippen LogP contribution in [0.25, 0.3) is 0 Å². The Morgan fingerprint density at radius 3 is 2.65 bits per heavy atom. The van der Waals surface area contributed by atoms with E-state index in [1.54, 1.807) is 11.0 Å². The number of carbonyl (C=O) groups excluding carboxylic acids is 1. The number of benzene rings is 1. The van der Waals surface area contributed by atoms with Crippen molar-refractivity contribution in [2.24, 2.45) is 5.92 Å². The van der Waals surface area contributed by atoms with Gasteiger partial charge in [-0.2, -0.15) is 13.2 Å². The Bertz CT molecular complexity index is 735. The first-order chi connectivity index (χ1) is 12.1. The van der Waals surface area contributed by atoms with Gasteiger partial charge in [-0.3, -0.25) is 4.79 Å². The van der Waals surface area contributed by atoms with Crippen LogP contribution in [-0.4, -0.2) is 45.1 Å². The van der Waals surface area contributed by atoms with E-state index in [0.717, 1.165) is 25.2 Å². The lowest BCUT2D eigenvalue weighted by Crippen LogP contribution is -2.45. The number of aryl methyl sites for hydroxylation is 1. The Hall–Kier alpha value is -1.61. The summed E-state index contributed by atoms with van der Waals surface area (Å²) in [6.45, 7) is 0.695. The zero-order chi connectivity index (χ0) is 19.4. The van der Waals surface area contributed by atoms with Crippen LogP contribution in [0.5, 0.6) is 0 Å². The van der Waals surface area contributed by atoms with Crippen molar-refractivity contribution in [3.63, 3.8) is 0 Å². The molecular formula is C17H23F3N2O3S. The van der Waals surface area contributed by atoms with E-state index in [1.807, 2.05) is 0 Å². The average Bonchev–Trinajstić information content (AvgIpc) is 2.57. The Balaban J connectivity index is 1.92. The van der Waals surface area contributed by atoms with E-state index in [-0.39, 0.29) is 23.9 Å². The Kier molecular flexibility index (Phi) is 6.68. The van der Waals surface area contributed by atoms with Crippen LogP contribution < -0.4 is 4.72 Å². The van der Waals surface area contributed by atoms with Crippen molar-refractivity contribution in [1.82, 2.24) is 9.62 Å². The smallest absolute Gasteiger partial charge is 0.341 e. The minimum Gasteiger partial charge on any atom is -0.341 e. The van der Waals surface area contributed by atoms with Crippen molar-refractivity contribution in [3.8, 4) is 0 Å². The van der Waals surface area contributed by atoms with Crippen LogP contribution in [0.15, 0.2) is 24.3 Å². The molecule has 1 N–H and O–H groups in total. The monoisotopic (exact) mass is 392 g/mol. The molecule has 1 amide bonds. The number of nitrogens with one attached hydrogen (secondary N) is 1. The van der Waals surface area contributed by atoms with Crippen LogP contribution in [0.1, 0.15) is 30.4 Å². The third-order valence-corrected chi connectivity index (χ3v) is 5.17. The van der Waals surface area contributed by atoms with Crippen LogP contribution >= 0.6 is 0 Å². The number of alkyl halides is 3. The highest BCUT2D eigenvalue weighted by Gasteiger charge is 2.33. The van der Waals surface area contributed by atoms with Gasteiger partial charge in [0.25, 0.3) is 0 Å². The van der Waals surface area contributed by atoms with Crippen LogP contribution in [0.3, 0.4) is 0 Å². The molecule has 1 aliphatic rings. The van der Waals surface area contributed by atoms with Crippen molar-refractivity contribution in [2.45, 2.75) is 31.9 Å². The largest absolute Gasteiger partial charge is 0.416 e. The number of hydrogen-bond donors (Lipinski definition) is 1. The van der Waals surface area contributed by atoms with Gasteiger partial charge < -0.3 is 4.90 Å². The van der Waals surface area contributed by atoms with Gasteiger partial charge in [-0.05, 0) is 43.2 Å². The number of halogens is 3. The predicted molar refractivity (Wildman–Crippen MR) is 91.9 cm³/mol. The van der Waals surface area contributed by atoms with Crippen LogP contribution in [0.2, 0.25) is 0 Å². The number of hydrogen-bond acceptors (Lipinski definition) is 3. The molecular weight excluding hydrogens is 369 g/mol. The van der Waals surface area contributed by atoms with Gasteiger partial charge in [0.2, 0.25) is 15.9 Å². The number of carbonyl (C=O) groups is 1. The van der Waals surface area contributed by atoms with Gasteiger partial charge in [-0.25, -0.2) is 13.1 Å². The number of piperidine rings is 1. The minimum absolute atomic E-state index is 0.104. The molecule has 0 aromatic heterocycles. The maximum absolute atomic E-state index is 13.1. The molecule has 1 fully saturated rings. The molecule has 0 aliphatic carbocycles. The molecule has 0 saturated carbocycles. The van der Waals surface area contributed by atoms with E-state index in [4.69, 9.17) is 0 Å². The molecule has 1 aromatic rings. The molecule has 26 heavy (non-hydrogen) atoms. The Morgan fingerprint density at radius 1 is 1.31 bits per heavy atom. The lowest BCUT2D eigenvalue weighted by atomic mass is 9.90. The molecule has 1 aromatic carbocycles. The fourth-order valence-corrected chi connectivity index (χ4v) is 3.59. The highest BCUT2D eigenvalue weighted by atomic mass is 32.2. The summed E-state index contributed by atoms with van der Waals surface area (Å²) in [5, 5.41) is 0. The van der Waals surface area contributed by atoms with E-state index in [0.29, 0.717) is 25.9 Å². The van der Waals surface area contributed by atoms with E-state index in [9.17, 15) is 26.4 Å². The van der Waals surface area contributed by atoms with Gasteiger partial charge >= 0.3 is 6.18 Å². The standard InChI is InChI=1S/C17H23F3N2O3S/c1-26(24,25)21-11-16(23)22-10-4-5-13(12-22)8-9-14-6-2-3-7-15(14)17(18,19)20/h2-3,6-7,13,21H,4-5,8-12H2,1H3/t13-/m1/s1. The molecule has 2 rings (SSSR count). The van der Waals surface area contributed by atoms with E-state index < -0.39 is 21.8 Å². The first-order valence-electron chi connectivity index (χ1n) is 8.44. The average molecular weight is 392 g/mol. The molecule has 1 saturated heterocycles. The molecule has 0 bridgehead atoms. The highest BCUT2D eigenvalue weighted by Crippen LogP contribution is 2.33. The zero-order valence-corrected chi connectivity index (χ0v) is 15.4. The van der Waals surface area contributed by atoms with Crippen molar-refractivity contribution >= 4 is 15.9 Å². The molecule has 1 aliphatic heterocycles. The summed E-state index contributed by atoms with van der Waals surface area (Å²) in [6.07, 6.45) is -0.937. The SMILES string of the molecule is CS(=O)(=O)NCC(=O)N1CCC[C@H](CCc2ccccc2C(F)(F)F)C1. The summed E-state index contributed by atoms with van der Waals surface area (Å²) in [6, 6.07) is 5.55. The Morgan fingerprint density at radius 2 is 2.00 bits per heavy atom. The third kappa shape index (κ3) is 6.28. The normalized spacial score (nSPS) is 18.8. The van der Waals surface area contributed by atoms with E-state index in [2.05, 4.69) is 4.72 Å². The second-order valence-electron chi connectivity index (χ2n) is 6.63. The van der Waals surface area contributed by atoms with Crippen molar-refractivity contribution in [1.29, 1.82) is 0 Å². The Labute approximate surface area is 151 Å². The van der Waals surface area contributed by atoms with Gasteiger partial charge in [0.05, 0.1) is 18.4 Å². The van der Waals surface area contributed by atoms with Gasteiger partial charge in [0.15, 0.2) is 0 Å². The molecule has 0 radical (unpaired) electrons. The first-order valence-corrected chi connectivity index (χ1v) is 10.3. The van der Waals surface area contributed by atoms with Crippen molar-refractivity contribution in [3.05, 3.63) is 35.4 Å². The van der Waals surface area contributed by atoms with Gasteiger partial charge in [0.1, 0.15) is 0 Å². The molecule has 5 nitrogen and oxygen atoms in total. The summed E-state index contributed by atoms with van der Waals surface area (Å²) in [7, 11) is -3.44. The molecule has 146 valence electrons. The number of nitrogens with zero attached hydrogens (tertiary/aromatic N) is 1. The molecule has 1 heterocycles. The van der Waals surface area contributed by atoms with Gasteiger partial charge in [0, 0.05) is 13.1 Å². The summed E-state index contributed by atoms with van der Waals surface area (Å²) in [5.74, 6) is -0.206. The molecule has 0 unspecified atom stereocenters. The molecule has 9 heteroatoms. The van der Waals surface area contributed by atoms with E-state index in [1.165, 1.54) is 12.1 Å². The second kappa shape index (κ2) is 8.39. The van der Waals surface area contributed by atoms with Crippen LogP contribution in [0, 0.1) is 5.92 Å². The van der Waals surface area contributed by atoms with Crippen LogP contribution in [-0.2, 0) is 27.4 Å². The predicted octanol–water partition coefficient (Wildman–Crippen LogP) is 2.43. The third-order valence-electron chi connectivity index (χ3n) is 4.50. The number of sulfonamides is 1. The number of amides is 1.